The average Bonchev–Trinajstić information content (AvgIpc) is 3.21. The Hall–Kier alpha value is -3.58. The summed E-state index contributed by atoms with van der Waals surface area (Å²) in [5.41, 5.74) is 1.85. The van der Waals surface area contributed by atoms with E-state index in [1.54, 1.807) is 0 Å². The quantitative estimate of drug-likeness (QED) is 0.409. The highest BCUT2D eigenvalue weighted by molar-refractivity contribution is 6.29. The van der Waals surface area contributed by atoms with Gasteiger partial charge in [-0.25, -0.2) is 4.98 Å². The van der Waals surface area contributed by atoms with Gasteiger partial charge in [0, 0.05) is 44.0 Å². The van der Waals surface area contributed by atoms with Gasteiger partial charge in [0.15, 0.2) is 5.82 Å². The molecule has 2 heterocycles. The molecule has 7 nitrogen and oxygen atoms in total. The second kappa shape index (κ2) is 10.2. The van der Waals surface area contributed by atoms with E-state index in [1.165, 1.54) is 16.2 Å². The van der Waals surface area contributed by atoms with Crippen LogP contribution in [0, 0.1) is 0 Å². The molecule has 0 radical (unpaired) electrons. The number of benzene rings is 2. The summed E-state index contributed by atoms with van der Waals surface area (Å²) in [6.07, 6.45) is 3.75. The Bertz CT molecular complexity index is 1270. The summed E-state index contributed by atoms with van der Waals surface area (Å²) >= 11 is 6.10. The van der Waals surface area contributed by atoms with Crippen LogP contribution in [0.3, 0.4) is 0 Å². The number of nitrogens with zero attached hydrogens (tertiary/aromatic N) is 3. The minimum absolute atomic E-state index is 0.0967. The number of aromatic nitrogens is 3. The fourth-order valence-corrected chi connectivity index (χ4v) is 3.76. The van der Waals surface area contributed by atoms with Crippen LogP contribution in [0.4, 0.5) is 5.82 Å². The molecule has 0 bridgehead atoms. The highest BCUT2D eigenvalue weighted by Crippen LogP contribution is 2.14. The van der Waals surface area contributed by atoms with Crippen molar-refractivity contribution in [2.24, 2.45) is 0 Å². The van der Waals surface area contributed by atoms with E-state index in [2.05, 4.69) is 38.4 Å². The number of hydrogen-bond acceptors (Lipinski definition) is 4. The van der Waals surface area contributed by atoms with Crippen molar-refractivity contribution in [3.05, 3.63) is 94.1 Å². The van der Waals surface area contributed by atoms with Crippen LogP contribution in [0.2, 0.25) is 5.15 Å². The zero-order chi connectivity index (χ0) is 22.3. The van der Waals surface area contributed by atoms with Crippen molar-refractivity contribution < 1.29 is 4.79 Å². The van der Waals surface area contributed by atoms with Crippen LogP contribution >= 0.6 is 11.6 Å². The van der Waals surface area contributed by atoms with Gasteiger partial charge in [-0.2, -0.15) is 0 Å². The van der Waals surface area contributed by atoms with E-state index in [0.29, 0.717) is 19.6 Å². The van der Waals surface area contributed by atoms with Gasteiger partial charge in [0.25, 0.3) is 5.56 Å². The molecule has 4 aromatic rings. The first-order chi connectivity index (χ1) is 15.6. The van der Waals surface area contributed by atoms with Crippen molar-refractivity contribution in [3.8, 4) is 0 Å². The molecule has 32 heavy (non-hydrogen) atoms. The standard InChI is InChI=1S/C24H24ClN5O2/c25-21-17-30(16-18-6-2-1-3-7-18)24(32)23(28-21)27-12-10-22(31)26-13-15-29-14-11-19-8-4-5-9-20(19)29/h1-9,11,14,17H,10,12-13,15-16H2,(H,26,31)(H,27,28). The van der Waals surface area contributed by atoms with Gasteiger partial charge in [-0.1, -0.05) is 60.1 Å². The van der Waals surface area contributed by atoms with Crippen molar-refractivity contribution in [3.63, 3.8) is 0 Å². The van der Waals surface area contributed by atoms with E-state index in [4.69, 9.17) is 11.6 Å². The SMILES string of the molecule is O=C(CCNc1nc(Cl)cn(Cc2ccccc2)c1=O)NCCn1ccc2ccccc21. The molecule has 4 rings (SSSR count). The molecule has 2 N–H and O–H groups in total. The molecule has 1 amide bonds. The second-order valence-corrected chi connectivity index (χ2v) is 7.81. The molecule has 0 aliphatic rings. The number of hydrogen-bond donors (Lipinski definition) is 2. The minimum atomic E-state index is -0.279. The second-order valence-electron chi connectivity index (χ2n) is 7.43. The molecule has 0 unspecified atom stereocenters. The first kappa shape index (κ1) is 21.6. The van der Waals surface area contributed by atoms with E-state index in [-0.39, 0.29) is 35.4 Å². The number of rotatable bonds is 9. The number of amides is 1. The van der Waals surface area contributed by atoms with Crippen molar-refractivity contribution in [2.75, 3.05) is 18.4 Å². The molecular weight excluding hydrogens is 426 g/mol. The number of carbonyl (C=O) groups is 1. The monoisotopic (exact) mass is 449 g/mol. The maximum Gasteiger partial charge on any atom is 0.293 e. The van der Waals surface area contributed by atoms with Crippen LogP contribution in [-0.2, 0) is 17.9 Å². The van der Waals surface area contributed by atoms with Crippen LogP contribution in [0.1, 0.15) is 12.0 Å². The lowest BCUT2D eigenvalue weighted by Gasteiger charge is -2.11. The van der Waals surface area contributed by atoms with Crippen molar-refractivity contribution in [1.29, 1.82) is 0 Å². The first-order valence-electron chi connectivity index (χ1n) is 10.5. The molecule has 0 aliphatic heterocycles. The van der Waals surface area contributed by atoms with E-state index >= 15 is 0 Å². The minimum Gasteiger partial charge on any atom is -0.365 e. The zero-order valence-corrected chi connectivity index (χ0v) is 18.3. The van der Waals surface area contributed by atoms with Crippen LogP contribution in [-0.4, -0.2) is 33.1 Å². The van der Waals surface area contributed by atoms with E-state index < -0.39 is 0 Å². The topological polar surface area (TPSA) is 80.9 Å². The van der Waals surface area contributed by atoms with Crippen LogP contribution in [0.5, 0.6) is 0 Å². The highest BCUT2D eigenvalue weighted by atomic mass is 35.5. The third kappa shape index (κ3) is 5.36. The number of nitrogens with one attached hydrogen (secondary N) is 2. The average molecular weight is 450 g/mol. The molecular formula is C24H24ClN5O2. The van der Waals surface area contributed by atoms with Crippen LogP contribution < -0.4 is 16.2 Å². The third-order valence-electron chi connectivity index (χ3n) is 5.14. The predicted octanol–water partition coefficient (Wildman–Crippen LogP) is 3.52. The Morgan fingerprint density at radius 1 is 0.969 bits per heavy atom. The van der Waals surface area contributed by atoms with Crippen molar-refractivity contribution in [1.82, 2.24) is 19.4 Å². The lowest BCUT2D eigenvalue weighted by atomic mass is 10.2. The Morgan fingerprint density at radius 2 is 1.75 bits per heavy atom. The fourth-order valence-electron chi connectivity index (χ4n) is 3.55. The summed E-state index contributed by atoms with van der Waals surface area (Å²) in [6.45, 7) is 1.89. The molecule has 2 aromatic heterocycles. The number of fused-ring (bicyclic) bond motifs is 1. The molecule has 0 saturated heterocycles. The number of anilines is 1. The largest absolute Gasteiger partial charge is 0.365 e. The predicted molar refractivity (Wildman–Crippen MR) is 127 cm³/mol. The molecule has 0 saturated carbocycles. The summed E-state index contributed by atoms with van der Waals surface area (Å²) in [7, 11) is 0. The zero-order valence-electron chi connectivity index (χ0n) is 17.5. The molecule has 2 aromatic carbocycles. The Morgan fingerprint density at radius 3 is 2.59 bits per heavy atom. The number of halogens is 1. The molecule has 8 heteroatoms. The Labute approximate surface area is 190 Å². The van der Waals surface area contributed by atoms with E-state index in [0.717, 1.165) is 11.1 Å². The van der Waals surface area contributed by atoms with Crippen LogP contribution in [0.25, 0.3) is 10.9 Å². The highest BCUT2D eigenvalue weighted by Gasteiger charge is 2.09. The van der Waals surface area contributed by atoms with E-state index in [9.17, 15) is 9.59 Å². The van der Waals surface area contributed by atoms with E-state index in [1.807, 2.05) is 48.7 Å². The first-order valence-corrected chi connectivity index (χ1v) is 10.8. The summed E-state index contributed by atoms with van der Waals surface area (Å²) < 4.78 is 3.62. The fraction of sp³-hybridized carbons (Fsp3) is 0.208. The summed E-state index contributed by atoms with van der Waals surface area (Å²) in [5, 5.41) is 7.25. The number of carbonyl (C=O) groups excluding carboxylic acids is 1. The van der Waals surface area contributed by atoms with Gasteiger partial charge in [0.05, 0.1) is 6.54 Å². The molecule has 0 aliphatic carbocycles. The smallest absolute Gasteiger partial charge is 0.293 e. The van der Waals surface area contributed by atoms with Gasteiger partial charge in [0.1, 0.15) is 5.15 Å². The van der Waals surface area contributed by atoms with Gasteiger partial charge < -0.3 is 19.8 Å². The van der Waals surface area contributed by atoms with Gasteiger partial charge >= 0.3 is 0 Å². The Balaban J connectivity index is 1.27. The maximum atomic E-state index is 12.7. The third-order valence-corrected chi connectivity index (χ3v) is 5.32. The van der Waals surface area contributed by atoms with Crippen molar-refractivity contribution in [2.45, 2.75) is 19.5 Å². The summed E-state index contributed by atoms with van der Waals surface area (Å²) in [6, 6.07) is 19.8. The van der Waals surface area contributed by atoms with Gasteiger partial charge in [-0.05, 0) is 23.1 Å². The lowest BCUT2D eigenvalue weighted by Crippen LogP contribution is -2.30. The molecule has 0 fully saturated rings. The van der Waals surface area contributed by atoms with Gasteiger partial charge in [-0.15, -0.1) is 0 Å². The Kier molecular flexibility index (Phi) is 6.87. The van der Waals surface area contributed by atoms with Gasteiger partial charge in [0.2, 0.25) is 5.91 Å². The van der Waals surface area contributed by atoms with Crippen molar-refractivity contribution >= 4 is 34.2 Å². The number of para-hydroxylation sites is 1. The van der Waals surface area contributed by atoms with Crippen LogP contribution in [0.15, 0.2) is 77.9 Å². The molecule has 0 atom stereocenters. The lowest BCUT2D eigenvalue weighted by molar-refractivity contribution is -0.120. The maximum absolute atomic E-state index is 12.7. The van der Waals surface area contributed by atoms with Gasteiger partial charge in [-0.3, -0.25) is 9.59 Å². The normalized spacial score (nSPS) is 10.9. The molecule has 0 spiro atoms. The summed E-state index contributed by atoms with van der Waals surface area (Å²) in [4.78, 5) is 29.0. The molecule has 164 valence electrons. The summed E-state index contributed by atoms with van der Waals surface area (Å²) in [5.74, 6) is 0.0423.